The third kappa shape index (κ3) is 5.49. The van der Waals surface area contributed by atoms with Crippen LogP contribution in [0.2, 0.25) is 0 Å². The smallest absolute Gasteiger partial charge is 0.127 e. The summed E-state index contributed by atoms with van der Waals surface area (Å²) in [6, 6.07) is 0. The van der Waals surface area contributed by atoms with E-state index in [0.29, 0.717) is 11.6 Å². The molecule has 0 heterocycles. The van der Waals surface area contributed by atoms with Crippen molar-refractivity contribution in [3.8, 4) is 0 Å². The molecule has 76 valence electrons. The Hall–Kier alpha value is -1.15. The average molecular weight is 214 g/mol. The van der Waals surface area contributed by atoms with Gasteiger partial charge in [-0.2, -0.15) is 0 Å². The van der Waals surface area contributed by atoms with Crippen LogP contribution >= 0.6 is 11.6 Å². The maximum Gasteiger partial charge on any atom is 0.127 e. The summed E-state index contributed by atoms with van der Waals surface area (Å²) in [4.78, 5) is 3.91. The number of rotatable bonds is 5. The highest BCUT2D eigenvalue weighted by atomic mass is 35.5. The van der Waals surface area contributed by atoms with Crippen LogP contribution in [0.15, 0.2) is 52.8 Å². The molecule has 1 nitrogen and oxygen atoms in total. The molecule has 14 heavy (non-hydrogen) atoms. The van der Waals surface area contributed by atoms with Crippen LogP contribution < -0.4 is 0 Å². The highest BCUT2D eigenvalue weighted by molar-refractivity contribution is 6.30. The Kier molecular flexibility index (Phi) is 6.68. The first-order valence-corrected chi connectivity index (χ1v) is 4.47. The van der Waals surface area contributed by atoms with Crippen LogP contribution in [-0.4, -0.2) is 12.8 Å². The van der Waals surface area contributed by atoms with Crippen molar-refractivity contribution in [2.24, 2.45) is 4.99 Å². The van der Waals surface area contributed by atoms with Crippen molar-refractivity contribution < 1.29 is 4.39 Å². The molecule has 0 fully saturated rings. The van der Waals surface area contributed by atoms with E-state index in [-0.39, 0.29) is 11.4 Å². The average Bonchev–Trinajstić information content (AvgIpc) is 2.16. The van der Waals surface area contributed by atoms with Crippen molar-refractivity contribution in [1.29, 1.82) is 0 Å². The van der Waals surface area contributed by atoms with Gasteiger partial charge in [0.25, 0.3) is 0 Å². The van der Waals surface area contributed by atoms with E-state index in [2.05, 4.69) is 18.2 Å². The van der Waals surface area contributed by atoms with Crippen molar-refractivity contribution in [3.05, 3.63) is 47.8 Å². The molecule has 0 aromatic carbocycles. The number of hydrogen-bond donors (Lipinski definition) is 0. The fraction of sp³-hybridized carbons (Fsp3) is 0.182. The molecular weight excluding hydrogens is 201 g/mol. The first-order chi connectivity index (χ1) is 6.61. The van der Waals surface area contributed by atoms with Gasteiger partial charge < -0.3 is 0 Å². The zero-order valence-corrected chi connectivity index (χ0v) is 8.89. The summed E-state index contributed by atoms with van der Waals surface area (Å²) in [6.45, 7) is 8.88. The van der Waals surface area contributed by atoms with Crippen molar-refractivity contribution in [3.63, 3.8) is 0 Å². The van der Waals surface area contributed by atoms with E-state index < -0.39 is 0 Å². The molecule has 0 atom stereocenters. The zero-order valence-electron chi connectivity index (χ0n) is 8.13. The Morgan fingerprint density at radius 3 is 2.71 bits per heavy atom. The fourth-order valence-electron chi connectivity index (χ4n) is 0.671. The van der Waals surface area contributed by atoms with Crippen LogP contribution in [0.1, 0.15) is 6.92 Å². The van der Waals surface area contributed by atoms with Crippen LogP contribution in [0, 0.1) is 0 Å². The van der Waals surface area contributed by atoms with Crippen molar-refractivity contribution >= 4 is 17.8 Å². The minimum Gasteiger partial charge on any atom is -0.287 e. The van der Waals surface area contributed by atoms with Crippen LogP contribution in [0.3, 0.4) is 0 Å². The molecule has 0 aromatic heterocycles. The van der Waals surface area contributed by atoms with Gasteiger partial charge in [-0.25, -0.2) is 4.39 Å². The summed E-state index contributed by atoms with van der Waals surface area (Å²) in [7, 11) is 0. The monoisotopic (exact) mass is 213 g/mol. The molecule has 0 aromatic rings. The number of halogens is 2. The second-order valence-corrected chi connectivity index (χ2v) is 2.97. The molecule has 0 saturated heterocycles. The van der Waals surface area contributed by atoms with E-state index in [1.807, 2.05) is 0 Å². The minimum absolute atomic E-state index is 0.246. The van der Waals surface area contributed by atoms with Gasteiger partial charge in [0, 0.05) is 16.8 Å². The quantitative estimate of drug-likeness (QED) is 0.487. The molecule has 0 saturated carbocycles. The lowest BCUT2D eigenvalue weighted by Gasteiger charge is -1.94. The Labute approximate surface area is 89.0 Å². The Bertz CT molecular complexity index is 300. The summed E-state index contributed by atoms with van der Waals surface area (Å²) in [5.74, 6) is -0.377. The molecule has 0 spiro atoms. The SMILES string of the molecule is C=C/C=C(/Cl)C/N=C/C(=C)/C(F)=C\C. The summed E-state index contributed by atoms with van der Waals surface area (Å²) in [5, 5.41) is 0.546. The molecule has 0 unspecified atom stereocenters. The standard InChI is InChI=1S/C11H13ClFN/c1-4-6-10(12)8-14-7-9(3)11(13)5-2/h4-7H,1,3,8H2,2H3/b10-6+,11-5+,14-7+. The zero-order chi connectivity index (χ0) is 11.0. The van der Waals surface area contributed by atoms with Crippen LogP contribution in [-0.2, 0) is 0 Å². The van der Waals surface area contributed by atoms with E-state index in [9.17, 15) is 4.39 Å². The molecule has 0 bridgehead atoms. The van der Waals surface area contributed by atoms with Crippen molar-refractivity contribution in [2.45, 2.75) is 6.92 Å². The van der Waals surface area contributed by atoms with Crippen LogP contribution in [0.25, 0.3) is 0 Å². The molecule has 0 aliphatic carbocycles. The Morgan fingerprint density at radius 1 is 1.57 bits per heavy atom. The van der Waals surface area contributed by atoms with E-state index in [4.69, 9.17) is 11.6 Å². The fourth-order valence-corrected chi connectivity index (χ4v) is 0.829. The van der Waals surface area contributed by atoms with E-state index >= 15 is 0 Å². The molecule has 0 rings (SSSR count). The first kappa shape index (κ1) is 12.8. The molecule has 3 heteroatoms. The van der Waals surface area contributed by atoms with Gasteiger partial charge in [-0.1, -0.05) is 36.9 Å². The third-order valence-corrected chi connectivity index (χ3v) is 1.59. The van der Waals surface area contributed by atoms with Gasteiger partial charge in [-0.3, -0.25) is 4.99 Å². The molecule has 0 N–H and O–H groups in total. The van der Waals surface area contributed by atoms with Crippen molar-refractivity contribution in [2.75, 3.05) is 6.54 Å². The lowest BCUT2D eigenvalue weighted by Crippen LogP contribution is -1.86. The molecule has 0 radical (unpaired) electrons. The van der Waals surface area contributed by atoms with Crippen molar-refractivity contribution in [1.82, 2.24) is 0 Å². The van der Waals surface area contributed by atoms with Gasteiger partial charge in [0.05, 0.1) is 6.54 Å². The second-order valence-electron chi connectivity index (χ2n) is 2.48. The predicted octanol–water partition coefficient (Wildman–Crippen LogP) is 3.80. The van der Waals surface area contributed by atoms with Gasteiger partial charge in [0.2, 0.25) is 0 Å². The lowest BCUT2D eigenvalue weighted by atomic mass is 10.3. The van der Waals surface area contributed by atoms with Gasteiger partial charge in [0.15, 0.2) is 0 Å². The van der Waals surface area contributed by atoms with E-state index in [1.165, 1.54) is 12.3 Å². The third-order valence-electron chi connectivity index (χ3n) is 1.35. The maximum absolute atomic E-state index is 12.8. The second kappa shape index (κ2) is 7.27. The molecule has 0 amide bonds. The highest BCUT2D eigenvalue weighted by Crippen LogP contribution is 2.07. The number of aliphatic imine (C=N–C) groups is 1. The van der Waals surface area contributed by atoms with Crippen LogP contribution in [0.5, 0.6) is 0 Å². The first-order valence-electron chi connectivity index (χ1n) is 4.09. The largest absolute Gasteiger partial charge is 0.287 e. The summed E-state index contributed by atoms with van der Waals surface area (Å²) in [5.41, 5.74) is 0.246. The number of allylic oxidation sites excluding steroid dienone is 5. The molecular formula is C11H13ClFN. The summed E-state index contributed by atoms with van der Waals surface area (Å²) >= 11 is 5.72. The lowest BCUT2D eigenvalue weighted by molar-refractivity contribution is 0.659. The predicted molar refractivity (Wildman–Crippen MR) is 61.5 cm³/mol. The summed E-state index contributed by atoms with van der Waals surface area (Å²) < 4.78 is 12.8. The normalized spacial score (nSPS) is 13.4. The number of nitrogens with zero attached hydrogens (tertiary/aromatic N) is 1. The highest BCUT2D eigenvalue weighted by Gasteiger charge is 1.95. The summed E-state index contributed by atoms with van der Waals surface area (Å²) in [6.07, 6.45) is 5.89. The Balaban J connectivity index is 4.14. The Morgan fingerprint density at radius 2 is 2.21 bits per heavy atom. The van der Waals surface area contributed by atoms with Gasteiger partial charge in [0.1, 0.15) is 5.83 Å². The van der Waals surface area contributed by atoms with E-state index in [0.717, 1.165) is 0 Å². The number of hydrogen-bond acceptors (Lipinski definition) is 1. The van der Waals surface area contributed by atoms with Gasteiger partial charge in [-0.15, -0.1) is 0 Å². The minimum atomic E-state index is -0.377. The van der Waals surface area contributed by atoms with Gasteiger partial charge >= 0.3 is 0 Å². The topological polar surface area (TPSA) is 12.4 Å². The van der Waals surface area contributed by atoms with Crippen LogP contribution in [0.4, 0.5) is 4.39 Å². The molecule has 0 aliphatic heterocycles. The van der Waals surface area contributed by atoms with E-state index in [1.54, 1.807) is 19.1 Å². The maximum atomic E-state index is 12.8. The van der Waals surface area contributed by atoms with Gasteiger partial charge in [-0.05, 0) is 13.0 Å². The molecule has 0 aliphatic rings.